The number of rotatable bonds is 6. The first kappa shape index (κ1) is 22.7. The van der Waals surface area contributed by atoms with E-state index in [0.717, 1.165) is 11.4 Å². The molecule has 9 heteroatoms. The third-order valence-corrected chi connectivity index (χ3v) is 5.78. The first-order valence-corrected chi connectivity index (χ1v) is 10.9. The number of aromatic nitrogens is 2. The Balaban J connectivity index is 1.40. The molecule has 5 rings (SSSR count). The van der Waals surface area contributed by atoms with Crippen LogP contribution in [-0.2, 0) is 5.60 Å². The summed E-state index contributed by atoms with van der Waals surface area (Å²) >= 11 is 0. The van der Waals surface area contributed by atoms with Crippen LogP contribution >= 0.6 is 0 Å². The Morgan fingerprint density at radius 1 is 0.943 bits per heavy atom. The molecule has 3 aromatic carbocycles. The quantitative estimate of drug-likeness (QED) is 0.413. The van der Waals surface area contributed by atoms with Crippen molar-refractivity contribution in [1.82, 2.24) is 9.78 Å². The Labute approximate surface area is 199 Å². The lowest BCUT2D eigenvalue weighted by atomic mass is 9.93. The number of benzene rings is 3. The number of fused-ring (bicyclic) bond motifs is 1. The zero-order chi connectivity index (χ0) is 24.5. The summed E-state index contributed by atoms with van der Waals surface area (Å²) in [5.41, 5.74) is -1.35. The van der Waals surface area contributed by atoms with Gasteiger partial charge in [0.1, 0.15) is 12.4 Å². The predicted molar refractivity (Wildman–Crippen MR) is 128 cm³/mol. The van der Waals surface area contributed by atoms with Gasteiger partial charge in [0.05, 0.1) is 30.3 Å². The molecule has 2 heterocycles. The Morgan fingerprint density at radius 2 is 1.71 bits per heavy atom. The van der Waals surface area contributed by atoms with Crippen LogP contribution < -0.4 is 9.64 Å². The normalized spacial score (nSPS) is 15.4. The van der Waals surface area contributed by atoms with E-state index in [0.29, 0.717) is 17.4 Å². The number of halogens is 3. The highest BCUT2D eigenvalue weighted by Crippen LogP contribution is 2.40. The molecular weight excluding hydrogens is 457 g/mol. The molecule has 1 aromatic heterocycles. The Morgan fingerprint density at radius 3 is 2.40 bits per heavy atom. The summed E-state index contributed by atoms with van der Waals surface area (Å²) < 4.78 is 49.3. The van der Waals surface area contributed by atoms with Gasteiger partial charge < -0.3 is 14.7 Å². The molecule has 1 unspecified atom stereocenters. The average Bonchev–Trinajstić information content (AvgIpc) is 3.31. The number of nitrogens with zero attached hydrogens (tertiary/aromatic N) is 4. The lowest BCUT2D eigenvalue weighted by molar-refractivity contribution is -0.275. The van der Waals surface area contributed by atoms with Crippen LogP contribution in [0.4, 0.5) is 18.9 Å². The zero-order valence-electron chi connectivity index (χ0n) is 18.4. The number of aliphatic imine (C=N–C) groups is 1. The van der Waals surface area contributed by atoms with E-state index < -0.39 is 18.4 Å². The predicted octanol–water partition coefficient (Wildman–Crippen LogP) is 5.22. The number of hydrogen-bond donors (Lipinski definition) is 1. The molecule has 0 fully saturated rings. The molecule has 0 bridgehead atoms. The number of ether oxygens (including phenoxy) is 1. The van der Waals surface area contributed by atoms with Crippen LogP contribution in [0.1, 0.15) is 5.56 Å². The molecule has 178 valence electrons. The lowest BCUT2D eigenvalue weighted by Gasteiger charge is -2.31. The second-order valence-electron chi connectivity index (χ2n) is 8.08. The van der Waals surface area contributed by atoms with Crippen molar-refractivity contribution in [2.45, 2.75) is 11.8 Å². The van der Waals surface area contributed by atoms with Gasteiger partial charge in [0.25, 0.3) is 0 Å². The molecule has 35 heavy (non-hydrogen) atoms. The van der Waals surface area contributed by atoms with Gasteiger partial charge in [-0.05, 0) is 60.2 Å². The minimum atomic E-state index is -4.97. The summed E-state index contributed by atoms with van der Waals surface area (Å²) in [6.07, 6.45) is 1.90. The monoisotopic (exact) mass is 478 g/mol. The molecule has 0 radical (unpaired) electrons. The molecule has 0 saturated heterocycles. The van der Waals surface area contributed by atoms with Crippen molar-refractivity contribution in [3.63, 3.8) is 0 Å². The SMILES string of the molecule is OC(COc1ccc(N2C=CCN=C2)cc1)(c1ccc2c(cnn2-c2ccccc2)c1)C(F)(F)F. The maximum absolute atomic E-state index is 14.1. The fourth-order valence-electron chi connectivity index (χ4n) is 3.84. The molecule has 1 N–H and O–H groups in total. The van der Waals surface area contributed by atoms with E-state index in [1.165, 1.54) is 24.4 Å². The number of aliphatic hydroxyl groups is 1. The van der Waals surface area contributed by atoms with Crippen molar-refractivity contribution in [2.75, 3.05) is 18.1 Å². The third-order valence-electron chi connectivity index (χ3n) is 5.78. The molecule has 1 atom stereocenters. The van der Waals surface area contributed by atoms with E-state index in [1.54, 1.807) is 40.2 Å². The van der Waals surface area contributed by atoms with Crippen LogP contribution in [0.3, 0.4) is 0 Å². The minimum absolute atomic E-state index is 0.201. The van der Waals surface area contributed by atoms with E-state index in [1.807, 2.05) is 42.6 Å². The second-order valence-corrected chi connectivity index (χ2v) is 8.08. The summed E-state index contributed by atoms with van der Waals surface area (Å²) in [4.78, 5) is 5.93. The molecule has 0 spiro atoms. The van der Waals surface area contributed by atoms with Gasteiger partial charge in [-0.2, -0.15) is 18.3 Å². The smallest absolute Gasteiger partial charge is 0.424 e. The standard InChI is InChI=1S/C26H21F3N4O2/c27-26(28,29)25(34,17-35-23-10-8-21(9-11-23)32-14-4-13-30-18-32)20-7-12-24-19(15-20)16-31-33(24)22-5-2-1-3-6-22/h1-12,14-16,18,34H,13,17H2. The van der Waals surface area contributed by atoms with Gasteiger partial charge in [0.15, 0.2) is 0 Å². The summed E-state index contributed by atoms with van der Waals surface area (Å²) in [6, 6.07) is 19.8. The largest absolute Gasteiger partial charge is 0.490 e. The maximum atomic E-state index is 14.1. The zero-order valence-corrected chi connectivity index (χ0v) is 18.4. The van der Waals surface area contributed by atoms with E-state index in [-0.39, 0.29) is 11.3 Å². The Hall–Kier alpha value is -4.11. The van der Waals surface area contributed by atoms with Crippen LogP contribution in [0.2, 0.25) is 0 Å². The van der Waals surface area contributed by atoms with Crippen molar-refractivity contribution in [3.05, 3.63) is 96.8 Å². The lowest BCUT2D eigenvalue weighted by Crippen LogP contribution is -2.47. The fraction of sp³-hybridized carbons (Fsp3) is 0.154. The Bertz CT molecular complexity index is 1370. The molecule has 0 aliphatic carbocycles. The molecule has 0 amide bonds. The first-order chi connectivity index (χ1) is 16.8. The van der Waals surface area contributed by atoms with Crippen LogP contribution in [-0.4, -0.2) is 40.6 Å². The third kappa shape index (κ3) is 4.38. The maximum Gasteiger partial charge on any atom is 0.424 e. The van der Waals surface area contributed by atoms with Crippen molar-refractivity contribution >= 4 is 22.9 Å². The van der Waals surface area contributed by atoms with Gasteiger partial charge in [-0.25, -0.2) is 4.68 Å². The second kappa shape index (κ2) is 8.92. The average molecular weight is 478 g/mol. The van der Waals surface area contributed by atoms with Gasteiger partial charge in [0.2, 0.25) is 5.60 Å². The highest BCUT2D eigenvalue weighted by Gasteiger charge is 2.56. The minimum Gasteiger partial charge on any atom is -0.490 e. The van der Waals surface area contributed by atoms with E-state index in [4.69, 9.17) is 4.74 Å². The Kier molecular flexibility index (Phi) is 5.78. The fourth-order valence-corrected chi connectivity index (χ4v) is 3.84. The summed E-state index contributed by atoms with van der Waals surface area (Å²) in [5.74, 6) is 0.201. The van der Waals surface area contributed by atoms with Gasteiger partial charge in [0, 0.05) is 17.3 Å². The molecule has 4 aromatic rings. The van der Waals surface area contributed by atoms with Gasteiger partial charge in [-0.15, -0.1) is 0 Å². The van der Waals surface area contributed by atoms with Crippen LogP contribution in [0.25, 0.3) is 16.6 Å². The topological polar surface area (TPSA) is 62.9 Å². The van der Waals surface area contributed by atoms with Crippen molar-refractivity contribution in [2.24, 2.45) is 4.99 Å². The molecular formula is C26H21F3N4O2. The molecule has 6 nitrogen and oxygen atoms in total. The summed E-state index contributed by atoms with van der Waals surface area (Å²) in [6.45, 7) is -0.397. The van der Waals surface area contributed by atoms with Crippen molar-refractivity contribution in [3.8, 4) is 11.4 Å². The van der Waals surface area contributed by atoms with Gasteiger partial charge >= 0.3 is 6.18 Å². The number of alkyl halides is 3. The number of hydrogen-bond acceptors (Lipinski definition) is 5. The van der Waals surface area contributed by atoms with E-state index >= 15 is 0 Å². The number of anilines is 1. The number of para-hydroxylation sites is 1. The highest BCUT2D eigenvalue weighted by atomic mass is 19.4. The molecule has 0 saturated carbocycles. The van der Waals surface area contributed by atoms with Gasteiger partial charge in [-0.3, -0.25) is 4.99 Å². The van der Waals surface area contributed by atoms with E-state index in [2.05, 4.69) is 10.1 Å². The van der Waals surface area contributed by atoms with Crippen molar-refractivity contribution in [1.29, 1.82) is 0 Å². The molecule has 1 aliphatic heterocycles. The molecule has 1 aliphatic rings. The van der Waals surface area contributed by atoms with Crippen molar-refractivity contribution < 1.29 is 23.0 Å². The van der Waals surface area contributed by atoms with Crippen LogP contribution in [0.15, 0.2) is 96.3 Å². The van der Waals surface area contributed by atoms with Gasteiger partial charge in [-0.1, -0.05) is 24.3 Å². The summed E-state index contributed by atoms with van der Waals surface area (Å²) in [7, 11) is 0. The first-order valence-electron chi connectivity index (χ1n) is 10.9. The van der Waals surface area contributed by atoms with E-state index in [9.17, 15) is 18.3 Å². The summed E-state index contributed by atoms with van der Waals surface area (Å²) in [5, 5.41) is 15.6. The van der Waals surface area contributed by atoms with Crippen LogP contribution in [0, 0.1) is 0 Å². The highest BCUT2D eigenvalue weighted by molar-refractivity contribution is 5.82. The van der Waals surface area contributed by atoms with Crippen LogP contribution in [0.5, 0.6) is 5.75 Å².